The third-order valence-corrected chi connectivity index (χ3v) is 7.29. The number of anilines is 1. The number of alkyl halides is 3. The van der Waals surface area contributed by atoms with Crippen LogP contribution < -0.4 is 10.1 Å². The highest BCUT2D eigenvalue weighted by atomic mass is 32.2. The maximum atomic E-state index is 13.1. The number of rotatable bonds is 7. The van der Waals surface area contributed by atoms with Crippen molar-refractivity contribution in [2.24, 2.45) is 0 Å². The van der Waals surface area contributed by atoms with Crippen LogP contribution in [0.4, 0.5) is 18.9 Å². The van der Waals surface area contributed by atoms with Crippen molar-refractivity contribution < 1.29 is 31.1 Å². The molecular formula is C22H25F3N2O4S. The maximum Gasteiger partial charge on any atom is 0.422 e. The normalized spacial score (nSPS) is 15.5. The molecule has 0 aliphatic heterocycles. The molecule has 0 atom stereocenters. The monoisotopic (exact) mass is 470 g/mol. The number of amides is 1. The molecule has 0 bridgehead atoms. The molecule has 174 valence electrons. The Hall–Kier alpha value is -2.59. The molecule has 0 spiro atoms. The summed E-state index contributed by atoms with van der Waals surface area (Å²) in [5.41, 5.74) is 0.114. The number of hydrogen-bond acceptors (Lipinski definition) is 4. The Morgan fingerprint density at radius 3 is 2.47 bits per heavy atom. The number of sulfonamides is 1. The number of para-hydroxylation sites is 2. The van der Waals surface area contributed by atoms with Gasteiger partial charge in [-0.2, -0.15) is 17.5 Å². The first-order valence-electron chi connectivity index (χ1n) is 10.3. The van der Waals surface area contributed by atoms with Crippen molar-refractivity contribution in [3.63, 3.8) is 0 Å². The molecule has 1 saturated carbocycles. The van der Waals surface area contributed by atoms with Gasteiger partial charge < -0.3 is 10.1 Å². The molecule has 3 rings (SSSR count). The molecule has 0 aromatic heterocycles. The first-order valence-corrected chi connectivity index (χ1v) is 11.7. The van der Waals surface area contributed by atoms with E-state index in [0.29, 0.717) is 0 Å². The van der Waals surface area contributed by atoms with Crippen LogP contribution in [0.1, 0.15) is 42.5 Å². The summed E-state index contributed by atoms with van der Waals surface area (Å²) >= 11 is 0. The molecule has 10 heteroatoms. The lowest BCUT2D eigenvalue weighted by molar-refractivity contribution is -0.153. The molecule has 6 nitrogen and oxygen atoms in total. The second-order valence-corrected chi connectivity index (χ2v) is 9.69. The van der Waals surface area contributed by atoms with Gasteiger partial charge in [-0.3, -0.25) is 4.79 Å². The van der Waals surface area contributed by atoms with E-state index in [1.807, 2.05) is 0 Å². The highest BCUT2D eigenvalue weighted by Crippen LogP contribution is 2.29. The molecule has 0 radical (unpaired) electrons. The van der Waals surface area contributed by atoms with Gasteiger partial charge in [0.25, 0.3) is 5.91 Å². The van der Waals surface area contributed by atoms with Crippen molar-refractivity contribution in [1.29, 1.82) is 0 Å². The Morgan fingerprint density at radius 2 is 1.78 bits per heavy atom. The summed E-state index contributed by atoms with van der Waals surface area (Å²) in [4.78, 5) is 12.7. The van der Waals surface area contributed by atoms with E-state index >= 15 is 0 Å². The van der Waals surface area contributed by atoms with Crippen LogP contribution in [0.15, 0.2) is 53.4 Å². The third kappa shape index (κ3) is 6.01. The minimum atomic E-state index is -4.52. The van der Waals surface area contributed by atoms with Crippen LogP contribution >= 0.6 is 0 Å². The largest absolute Gasteiger partial charge is 0.482 e. The van der Waals surface area contributed by atoms with Crippen LogP contribution in [-0.4, -0.2) is 44.5 Å². The number of hydrogen-bond donors (Lipinski definition) is 1. The number of halogens is 3. The fourth-order valence-corrected chi connectivity index (χ4v) is 5.12. The number of carbonyl (C=O) groups excluding carboxylic acids is 1. The second kappa shape index (κ2) is 9.91. The molecule has 2 aromatic rings. The number of benzene rings is 2. The molecule has 1 fully saturated rings. The van der Waals surface area contributed by atoms with Crippen LogP contribution in [0, 0.1) is 0 Å². The number of carbonyl (C=O) groups is 1. The zero-order valence-corrected chi connectivity index (χ0v) is 18.4. The van der Waals surface area contributed by atoms with E-state index in [4.69, 9.17) is 4.74 Å². The van der Waals surface area contributed by atoms with E-state index in [1.165, 1.54) is 52.8 Å². The zero-order chi connectivity index (χ0) is 23.4. The van der Waals surface area contributed by atoms with Crippen molar-refractivity contribution in [2.45, 2.75) is 49.2 Å². The molecule has 1 aliphatic carbocycles. The van der Waals surface area contributed by atoms with Crippen molar-refractivity contribution >= 4 is 21.6 Å². The van der Waals surface area contributed by atoms with Gasteiger partial charge in [0.1, 0.15) is 5.75 Å². The summed E-state index contributed by atoms with van der Waals surface area (Å²) in [5.74, 6) is -0.801. The fourth-order valence-electron chi connectivity index (χ4n) is 3.65. The quantitative estimate of drug-likeness (QED) is 0.629. The standard InChI is InChI=1S/C22H25F3N2O4S/c1-27(17-9-3-2-4-10-17)32(29,30)18-11-7-8-16(14-18)21(28)26-19-12-5-6-13-20(19)31-15-22(23,24)25/h5-8,11-14,17H,2-4,9-10,15H2,1H3,(H,26,28). The molecular weight excluding hydrogens is 445 g/mol. The van der Waals surface area contributed by atoms with Crippen LogP contribution in [0.25, 0.3) is 0 Å². The highest BCUT2D eigenvalue weighted by molar-refractivity contribution is 7.89. The molecule has 1 N–H and O–H groups in total. The summed E-state index contributed by atoms with van der Waals surface area (Å²) < 4.78 is 69.7. The Labute approximate surface area is 185 Å². The summed E-state index contributed by atoms with van der Waals surface area (Å²) in [6.45, 7) is -1.50. The second-order valence-electron chi connectivity index (χ2n) is 7.70. The van der Waals surface area contributed by atoms with Gasteiger partial charge in [-0.05, 0) is 43.2 Å². The predicted molar refractivity (Wildman–Crippen MR) is 114 cm³/mol. The highest BCUT2D eigenvalue weighted by Gasteiger charge is 2.30. The van der Waals surface area contributed by atoms with Crippen molar-refractivity contribution in [1.82, 2.24) is 4.31 Å². The van der Waals surface area contributed by atoms with Crippen molar-refractivity contribution in [3.05, 3.63) is 54.1 Å². The van der Waals surface area contributed by atoms with E-state index in [9.17, 15) is 26.4 Å². The lowest BCUT2D eigenvalue weighted by Gasteiger charge is -2.30. The van der Waals surface area contributed by atoms with Crippen LogP contribution in [0.3, 0.4) is 0 Å². The zero-order valence-electron chi connectivity index (χ0n) is 17.6. The lowest BCUT2D eigenvalue weighted by atomic mass is 9.96. The first-order chi connectivity index (χ1) is 15.1. The smallest absolute Gasteiger partial charge is 0.422 e. The van der Waals surface area contributed by atoms with E-state index < -0.39 is 28.7 Å². The lowest BCUT2D eigenvalue weighted by Crippen LogP contribution is -2.38. The number of ether oxygens (including phenoxy) is 1. The molecule has 0 heterocycles. The first kappa shape index (κ1) is 24.1. The van der Waals surface area contributed by atoms with Gasteiger partial charge in [0.05, 0.1) is 10.6 Å². The fraction of sp³-hybridized carbons (Fsp3) is 0.409. The molecule has 32 heavy (non-hydrogen) atoms. The van der Waals surface area contributed by atoms with Gasteiger partial charge in [0.15, 0.2) is 6.61 Å². The summed E-state index contributed by atoms with van der Waals surface area (Å²) in [7, 11) is -2.25. The summed E-state index contributed by atoms with van der Waals surface area (Å²) in [6.07, 6.45) is 0.110. The Bertz CT molecular complexity index is 1050. The van der Waals surface area contributed by atoms with Gasteiger partial charge in [0.2, 0.25) is 10.0 Å². The van der Waals surface area contributed by atoms with Crippen molar-refractivity contribution in [3.8, 4) is 5.75 Å². The molecule has 0 unspecified atom stereocenters. The van der Waals surface area contributed by atoms with Gasteiger partial charge >= 0.3 is 6.18 Å². The van der Waals surface area contributed by atoms with Crippen molar-refractivity contribution in [2.75, 3.05) is 19.0 Å². The Morgan fingerprint density at radius 1 is 1.09 bits per heavy atom. The van der Waals surface area contributed by atoms with Gasteiger partial charge in [-0.25, -0.2) is 8.42 Å². The number of nitrogens with one attached hydrogen (secondary N) is 1. The molecule has 1 aliphatic rings. The summed E-state index contributed by atoms with van der Waals surface area (Å²) in [6, 6.07) is 11.2. The van der Waals surface area contributed by atoms with E-state index in [1.54, 1.807) is 7.05 Å². The minimum Gasteiger partial charge on any atom is -0.482 e. The third-order valence-electron chi connectivity index (χ3n) is 5.39. The molecule has 2 aromatic carbocycles. The summed E-state index contributed by atoms with van der Waals surface area (Å²) in [5, 5.41) is 2.49. The van der Waals surface area contributed by atoms with Crippen LogP contribution in [0.5, 0.6) is 5.75 Å². The average Bonchev–Trinajstić information content (AvgIpc) is 2.78. The SMILES string of the molecule is CN(C1CCCCC1)S(=O)(=O)c1cccc(C(=O)Nc2ccccc2OCC(F)(F)F)c1. The average molecular weight is 471 g/mol. The molecule has 1 amide bonds. The number of nitrogens with zero attached hydrogens (tertiary/aromatic N) is 1. The topological polar surface area (TPSA) is 75.7 Å². The Balaban J connectivity index is 1.78. The van der Waals surface area contributed by atoms with Crippen LogP contribution in [-0.2, 0) is 10.0 Å². The van der Waals surface area contributed by atoms with E-state index in [2.05, 4.69) is 5.32 Å². The predicted octanol–water partition coefficient (Wildman–Crippen LogP) is 4.83. The van der Waals surface area contributed by atoms with Gasteiger partial charge in [0, 0.05) is 18.7 Å². The van der Waals surface area contributed by atoms with E-state index in [-0.39, 0.29) is 27.9 Å². The Kier molecular flexibility index (Phi) is 7.45. The maximum absolute atomic E-state index is 13.1. The van der Waals surface area contributed by atoms with Crippen LogP contribution in [0.2, 0.25) is 0 Å². The van der Waals surface area contributed by atoms with E-state index in [0.717, 1.165) is 32.1 Å². The minimum absolute atomic E-state index is 0.0140. The van der Waals surface area contributed by atoms with Gasteiger partial charge in [-0.1, -0.05) is 37.5 Å². The van der Waals surface area contributed by atoms with Gasteiger partial charge in [-0.15, -0.1) is 0 Å². The molecule has 0 saturated heterocycles.